The second-order valence-corrected chi connectivity index (χ2v) is 7.76. The fourth-order valence-corrected chi connectivity index (χ4v) is 4.37. The lowest BCUT2D eigenvalue weighted by Crippen LogP contribution is -2.40. The third kappa shape index (κ3) is 3.80. The van der Waals surface area contributed by atoms with Crippen molar-refractivity contribution in [3.05, 3.63) is 70.0 Å². The van der Waals surface area contributed by atoms with Crippen LogP contribution >= 0.6 is 11.3 Å². The molecule has 10 heteroatoms. The molecule has 1 aliphatic rings. The van der Waals surface area contributed by atoms with E-state index in [1.165, 1.54) is 30.5 Å². The van der Waals surface area contributed by atoms with Gasteiger partial charge in [0.2, 0.25) is 11.8 Å². The van der Waals surface area contributed by atoms with E-state index < -0.39 is 24.1 Å². The van der Waals surface area contributed by atoms with Crippen LogP contribution in [0.5, 0.6) is 0 Å². The van der Waals surface area contributed by atoms with Crippen LogP contribution < -0.4 is 21.3 Å². The number of nitrogens with one attached hydrogen (secondary N) is 2. The van der Waals surface area contributed by atoms with Gasteiger partial charge in [-0.3, -0.25) is 9.59 Å². The average Bonchev–Trinajstić information content (AvgIpc) is 3.37. The molecule has 0 saturated carbocycles. The van der Waals surface area contributed by atoms with Gasteiger partial charge in [0.05, 0.1) is 11.3 Å². The minimum atomic E-state index is -1.14. The highest BCUT2D eigenvalue weighted by molar-refractivity contribution is 7.08. The summed E-state index contributed by atoms with van der Waals surface area (Å²) in [7, 11) is 0. The number of benzene rings is 1. The van der Waals surface area contributed by atoms with Crippen LogP contribution in [0.2, 0.25) is 0 Å². The lowest BCUT2D eigenvalue weighted by atomic mass is 10.0. The van der Waals surface area contributed by atoms with Crippen LogP contribution in [0.1, 0.15) is 40.6 Å². The monoisotopic (exact) mass is 437 g/mol. The molecule has 2 atom stereocenters. The second kappa shape index (κ2) is 8.07. The van der Waals surface area contributed by atoms with Gasteiger partial charge < -0.3 is 26.4 Å². The fraction of sp³-hybridized carbons (Fsp3) is 0.143. The van der Waals surface area contributed by atoms with Crippen LogP contribution in [-0.2, 0) is 9.59 Å². The maximum atomic E-state index is 12.7. The van der Waals surface area contributed by atoms with Crippen molar-refractivity contribution in [1.82, 2.24) is 4.98 Å². The van der Waals surface area contributed by atoms with Crippen LogP contribution in [0.15, 0.2) is 53.4 Å². The standard InChI is InChI=1S/C21H19N5O4S/c1-11(27)24-14-4-2-12(3-5-14)16(18(22)28)26-17-15(21(29)30)6-8-23-19(17)25-20(26)13-7-9-31-10-13/h2-10,16,20H,1H3,(H2,22,28)(H,23,25)(H,24,27)(H,29,30). The van der Waals surface area contributed by atoms with Crippen molar-refractivity contribution in [3.63, 3.8) is 0 Å². The predicted molar refractivity (Wildman–Crippen MR) is 117 cm³/mol. The Labute approximate surface area is 181 Å². The molecular weight excluding hydrogens is 418 g/mol. The first-order chi connectivity index (χ1) is 14.9. The van der Waals surface area contributed by atoms with E-state index in [0.29, 0.717) is 22.8 Å². The molecule has 0 saturated heterocycles. The predicted octanol–water partition coefficient (Wildman–Crippen LogP) is 2.96. The van der Waals surface area contributed by atoms with E-state index in [0.717, 1.165) is 5.56 Å². The molecule has 1 aromatic carbocycles. The molecule has 0 radical (unpaired) electrons. The number of pyridine rings is 1. The summed E-state index contributed by atoms with van der Waals surface area (Å²) in [6.45, 7) is 1.40. The Morgan fingerprint density at radius 2 is 1.97 bits per heavy atom. The summed E-state index contributed by atoms with van der Waals surface area (Å²) >= 11 is 1.48. The van der Waals surface area contributed by atoms with E-state index in [9.17, 15) is 19.5 Å². The zero-order chi connectivity index (χ0) is 22.1. The molecule has 4 rings (SSSR count). The number of primary amides is 1. The number of carbonyl (C=O) groups is 3. The summed E-state index contributed by atoms with van der Waals surface area (Å²) in [5.74, 6) is -1.65. The normalized spacial score (nSPS) is 15.6. The summed E-state index contributed by atoms with van der Waals surface area (Å²) in [6, 6.07) is 8.99. The van der Waals surface area contributed by atoms with Crippen LogP contribution in [0.4, 0.5) is 17.2 Å². The Kier molecular flexibility index (Phi) is 5.30. The van der Waals surface area contributed by atoms with Crippen molar-refractivity contribution in [2.45, 2.75) is 19.1 Å². The number of carbonyl (C=O) groups excluding carboxylic acids is 2. The molecule has 2 aromatic heterocycles. The number of hydrogen-bond acceptors (Lipinski definition) is 7. The van der Waals surface area contributed by atoms with E-state index in [2.05, 4.69) is 15.6 Å². The number of carboxylic acid groups (broad SMARTS) is 1. The van der Waals surface area contributed by atoms with Gasteiger partial charge in [0.15, 0.2) is 5.82 Å². The molecule has 1 aliphatic heterocycles. The number of thiophene rings is 1. The summed E-state index contributed by atoms with van der Waals surface area (Å²) in [4.78, 5) is 41.9. The highest BCUT2D eigenvalue weighted by Gasteiger charge is 2.41. The molecule has 0 fully saturated rings. The third-order valence-corrected chi connectivity index (χ3v) is 5.62. The lowest BCUT2D eigenvalue weighted by Gasteiger charge is -2.33. The summed E-state index contributed by atoms with van der Waals surface area (Å²) < 4.78 is 0. The van der Waals surface area contributed by atoms with Gasteiger partial charge in [0, 0.05) is 24.4 Å². The highest BCUT2D eigenvalue weighted by atomic mass is 32.1. The summed E-state index contributed by atoms with van der Waals surface area (Å²) in [5, 5.41) is 19.5. The van der Waals surface area contributed by atoms with Crippen molar-refractivity contribution in [1.29, 1.82) is 0 Å². The lowest BCUT2D eigenvalue weighted by molar-refractivity contribution is -0.119. The number of carboxylic acids is 1. The van der Waals surface area contributed by atoms with E-state index in [1.54, 1.807) is 29.2 Å². The first kappa shape index (κ1) is 20.4. The molecule has 3 aromatic rings. The fourth-order valence-electron chi connectivity index (χ4n) is 3.69. The number of hydrogen-bond donors (Lipinski definition) is 4. The number of rotatable bonds is 6. The third-order valence-electron chi connectivity index (χ3n) is 4.92. The number of fused-ring (bicyclic) bond motifs is 1. The zero-order valence-corrected chi connectivity index (χ0v) is 17.2. The summed E-state index contributed by atoms with van der Waals surface area (Å²) in [5.41, 5.74) is 8.10. The molecule has 2 unspecified atom stereocenters. The van der Waals surface area contributed by atoms with Crippen LogP contribution in [-0.4, -0.2) is 27.9 Å². The van der Waals surface area contributed by atoms with Gasteiger partial charge in [0.1, 0.15) is 12.2 Å². The molecule has 0 spiro atoms. The first-order valence-electron chi connectivity index (χ1n) is 9.33. The number of aromatic carboxylic acids is 1. The molecule has 2 amide bonds. The average molecular weight is 437 g/mol. The second-order valence-electron chi connectivity index (χ2n) is 6.98. The first-order valence-corrected chi connectivity index (χ1v) is 10.3. The van der Waals surface area contributed by atoms with E-state index in [4.69, 9.17) is 5.73 Å². The van der Waals surface area contributed by atoms with E-state index in [1.807, 2.05) is 16.8 Å². The van der Waals surface area contributed by atoms with E-state index in [-0.39, 0.29) is 11.5 Å². The molecule has 5 N–H and O–H groups in total. The Hall–Kier alpha value is -3.92. The molecule has 9 nitrogen and oxygen atoms in total. The molecular formula is C21H19N5O4S. The molecule has 0 aliphatic carbocycles. The summed E-state index contributed by atoms with van der Waals surface area (Å²) in [6.07, 6.45) is 0.868. The van der Waals surface area contributed by atoms with Gasteiger partial charge in [0.25, 0.3) is 0 Å². The van der Waals surface area contributed by atoms with Crippen LogP contribution in [0.3, 0.4) is 0 Å². The van der Waals surface area contributed by atoms with Crippen molar-refractivity contribution in [2.24, 2.45) is 5.73 Å². The number of anilines is 3. The largest absolute Gasteiger partial charge is 0.478 e. The van der Waals surface area contributed by atoms with Crippen molar-refractivity contribution in [2.75, 3.05) is 15.5 Å². The highest BCUT2D eigenvalue weighted by Crippen LogP contribution is 2.47. The van der Waals surface area contributed by atoms with Crippen molar-refractivity contribution in [3.8, 4) is 0 Å². The molecule has 31 heavy (non-hydrogen) atoms. The maximum Gasteiger partial charge on any atom is 0.338 e. The Morgan fingerprint density at radius 1 is 1.23 bits per heavy atom. The van der Waals surface area contributed by atoms with Crippen LogP contribution in [0, 0.1) is 0 Å². The Balaban J connectivity index is 1.85. The Bertz CT molecular complexity index is 1150. The number of nitrogens with two attached hydrogens (primary N) is 1. The maximum absolute atomic E-state index is 12.7. The van der Waals surface area contributed by atoms with Crippen molar-refractivity contribution < 1.29 is 19.5 Å². The minimum Gasteiger partial charge on any atom is -0.478 e. The smallest absolute Gasteiger partial charge is 0.338 e. The molecule has 158 valence electrons. The number of aromatic nitrogens is 1. The van der Waals surface area contributed by atoms with Gasteiger partial charge in [-0.2, -0.15) is 11.3 Å². The van der Waals surface area contributed by atoms with Gasteiger partial charge >= 0.3 is 5.97 Å². The zero-order valence-electron chi connectivity index (χ0n) is 16.4. The van der Waals surface area contributed by atoms with Gasteiger partial charge in [-0.25, -0.2) is 9.78 Å². The molecule has 3 heterocycles. The quantitative estimate of drug-likeness (QED) is 0.465. The topological polar surface area (TPSA) is 138 Å². The SMILES string of the molecule is CC(=O)Nc1ccc(C(C(N)=O)N2c3c(C(=O)O)ccnc3NC2c2ccsc2)cc1. The minimum absolute atomic E-state index is 0.0105. The van der Waals surface area contributed by atoms with E-state index >= 15 is 0 Å². The number of amides is 2. The van der Waals surface area contributed by atoms with Gasteiger partial charge in [-0.05, 0) is 40.6 Å². The van der Waals surface area contributed by atoms with Crippen molar-refractivity contribution >= 4 is 46.3 Å². The number of nitrogens with zero attached hydrogens (tertiary/aromatic N) is 2. The van der Waals surface area contributed by atoms with Crippen LogP contribution in [0.25, 0.3) is 0 Å². The molecule has 0 bridgehead atoms. The van der Waals surface area contributed by atoms with Gasteiger partial charge in [-0.15, -0.1) is 0 Å². The van der Waals surface area contributed by atoms with Gasteiger partial charge in [-0.1, -0.05) is 12.1 Å². The Morgan fingerprint density at radius 3 is 2.55 bits per heavy atom.